The summed E-state index contributed by atoms with van der Waals surface area (Å²) in [5.41, 5.74) is 1.06. The van der Waals surface area contributed by atoms with Crippen molar-refractivity contribution >= 4 is 11.8 Å². The highest BCUT2D eigenvalue weighted by Crippen LogP contribution is 2.16. The number of benzene rings is 2. The number of hydrogen-bond donors (Lipinski definition) is 1. The van der Waals surface area contributed by atoms with Crippen molar-refractivity contribution in [1.82, 2.24) is 10.2 Å². The average Bonchev–Trinajstić information content (AvgIpc) is 2.67. The number of rotatable bonds is 9. The van der Waals surface area contributed by atoms with Gasteiger partial charge < -0.3 is 15.0 Å². The molecule has 0 bridgehead atoms. The second-order valence-corrected chi connectivity index (χ2v) is 6.88. The quantitative estimate of drug-likeness (QED) is 0.720. The number of nitrogens with one attached hydrogen (secondary N) is 1. The molecule has 0 aromatic heterocycles. The largest absolute Gasteiger partial charge is 0.481 e. The lowest BCUT2D eigenvalue weighted by atomic mass is 10.1. The van der Waals surface area contributed by atoms with Crippen molar-refractivity contribution in [3.8, 4) is 5.75 Å². The molecule has 0 spiro atoms. The van der Waals surface area contributed by atoms with Crippen LogP contribution in [-0.2, 0) is 16.0 Å². The molecule has 0 aliphatic rings. The van der Waals surface area contributed by atoms with E-state index in [1.165, 1.54) is 17.0 Å². The summed E-state index contributed by atoms with van der Waals surface area (Å²) in [4.78, 5) is 26.7. The Balaban J connectivity index is 2.07. The highest BCUT2D eigenvalue weighted by molar-refractivity contribution is 5.88. The SMILES string of the molecule is CC(C)NC(=O)C(C)N(CCc1ccccc1)C(=O)COc1ccccc1F. The maximum absolute atomic E-state index is 13.7. The summed E-state index contributed by atoms with van der Waals surface area (Å²) < 4.78 is 19.1. The molecule has 1 atom stereocenters. The van der Waals surface area contributed by atoms with Gasteiger partial charge in [0.15, 0.2) is 18.2 Å². The topological polar surface area (TPSA) is 58.6 Å². The predicted molar refractivity (Wildman–Crippen MR) is 106 cm³/mol. The van der Waals surface area contributed by atoms with E-state index in [1.807, 2.05) is 44.2 Å². The van der Waals surface area contributed by atoms with Crippen LogP contribution in [0.1, 0.15) is 26.3 Å². The molecule has 0 fully saturated rings. The van der Waals surface area contributed by atoms with Crippen LogP contribution < -0.4 is 10.1 Å². The number of nitrogens with zero attached hydrogens (tertiary/aromatic N) is 1. The van der Waals surface area contributed by atoms with Gasteiger partial charge in [-0.3, -0.25) is 9.59 Å². The molecular formula is C22H27FN2O3. The fraction of sp³-hybridized carbons (Fsp3) is 0.364. The van der Waals surface area contributed by atoms with Crippen molar-refractivity contribution in [2.24, 2.45) is 0 Å². The van der Waals surface area contributed by atoms with Crippen LogP contribution in [-0.4, -0.2) is 41.9 Å². The first kappa shape index (κ1) is 21.4. The molecule has 0 heterocycles. The van der Waals surface area contributed by atoms with E-state index < -0.39 is 11.9 Å². The van der Waals surface area contributed by atoms with Crippen LogP contribution in [0.25, 0.3) is 0 Å². The molecule has 1 N–H and O–H groups in total. The van der Waals surface area contributed by atoms with Crippen LogP contribution in [0.5, 0.6) is 5.75 Å². The van der Waals surface area contributed by atoms with Crippen molar-refractivity contribution in [1.29, 1.82) is 0 Å². The highest BCUT2D eigenvalue weighted by atomic mass is 19.1. The molecule has 0 saturated carbocycles. The van der Waals surface area contributed by atoms with Crippen LogP contribution in [0, 0.1) is 5.82 Å². The van der Waals surface area contributed by atoms with Gasteiger partial charge in [-0.2, -0.15) is 0 Å². The van der Waals surface area contributed by atoms with Crippen LogP contribution in [0.3, 0.4) is 0 Å². The Bertz CT molecular complexity index is 780. The molecular weight excluding hydrogens is 359 g/mol. The van der Waals surface area contributed by atoms with Crippen molar-refractivity contribution in [2.75, 3.05) is 13.2 Å². The van der Waals surface area contributed by atoms with E-state index in [-0.39, 0.29) is 30.2 Å². The van der Waals surface area contributed by atoms with Gasteiger partial charge in [-0.25, -0.2) is 4.39 Å². The van der Waals surface area contributed by atoms with E-state index in [4.69, 9.17) is 4.74 Å². The van der Waals surface area contributed by atoms with E-state index in [9.17, 15) is 14.0 Å². The Morgan fingerprint density at radius 3 is 2.32 bits per heavy atom. The number of halogens is 1. The van der Waals surface area contributed by atoms with Crippen LogP contribution in [0.4, 0.5) is 4.39 Å². The Morgan fingerprint density at radius 1 is 1.04 bits per heavy atom. The summed E-state index contributed by atoms with van der Waals surface area (Å²) >= 11 is 0. The first-order chi connectivity index (χ1) is 13.4. The second kappa shape index (κ2) is 10.4. The summed E-state index contributed by atoms with van der Waals surface area (Å²) in [6, 6.07) is 14.9. The third-order valence-electron chi connectivity index (χ3n) is 4.27. The first-order valence-electron chi connectivity index (χ1n) is 9.39. The van der Waals surface area contributed by atoms with Crippen molar-refractivity contribution in [3.63, 3.8) is 0 Å². The van der Waals surface area contributed by atoms with E-state index in [0.717, 1.165) is 5.56 Å². The van der Waals surface area contributed by atoms with Gasteiger partial charge in [0.2, 0.25) is 5.91 Å². The fourth-order valence-electron chi connectivity index (χ4n) is 2.76. The number of para-hydroxylation sites is 1. The van der Waals surface area contributed by atoms with Gasteiger partial charge in [-0.1, -0.05) is 42.5 Å². The van der Waals surface area contributed by atoms with Crippen molar-refractivity contribution in [2.45, 2.75) is 39.3 Å². The van der Waals surface area contributed by atoms with Gasteiger partial charge in [0.05, 0.1) is 0 Å². The molecule has 2 rings (SSSR count). The Labute approximate surface area is 165 Å². The van der Waals surface area contributed by atoms with Crippen LogP contribution >= 0.6 is 0 Å². The zero-order valence-electron chi connectivity index (χ0n) is 16.5. The van der Waals surface area contributed by atoms with Crippen molar-refractivity contribution in [3.05, 3.63) is 66.0 Å². The van der Waals surface area contributed by atoms with E-state index >= 15 is 0 Å². The molecule has 6 heteroatoms. The second-order valence-electron chi connectivity index (χ2n) is 6.88. The van der Waals surface area contributed by atoms with E-state index in [1.54, 1.807) is 19.1 Å². The lowest BCUT2D eigenvalue weighted by Gasteiger charge is -2.29. The zero-order valence-corrected chi connectivity index (χ0v) is 16.5. The number of carbonyl (C=O) groups is 2. The zero-order chi connectivity index (χ0) is 20.5. The van der Waals surface area contributed by atoms with Gasteiger partial charge in [-0.05, 0) is 44.9 Å². The Hall–Kier alpha value is -2.89. The van der Waals surface area contributed by atoms with Gasteiger partial charge in [0.25, 0.3) is 5.91 Å². The molecule has 28 heavy (non-hydrogen) atoms. The van der Waals surface area contributed by atoms with E-state index in [2.05, 4.69) is 5.32 Å². The summed E-state index contributed by atoms with van der Waals surface area (Å²) in [7, 11) is 0. The highest BCUT2D eigenvalue weighted by Gasteiger charge is 2.26. The maximum atomic E-state index is 13.7. The molecule has 2 aromatic carbocycles. The Kier molecular flexibility index (Phi) is 7.99. The summed E-state index contributed by atoms with van der Waals surface area (Å²) in [5.74, 6) is -1.12. The fourth-order valence-corrected chi connectivity index (χ4v) is 2.76. The molecule has 0 aliphatic carbocycles. The van der Waals surface area contributed by atoms with Crippen molar-refractivity contribution < 1.29 is 18.7 Å². The molecule has 0 aliphatic heterocycles. The molecule has 0 saturated heterocycles. The summed E-state index contributed by atoms with van der Waals surface area (Å²) in [5, 5.41) is 2.83. The number of amides is 2. The van der Waals surface area contributed by atoms with Crippen LogP contribution in [0.2, 0.25) is 0 Å². The average molecular weight is 386 g/mol. The molecule has 5 nitrogen and oxygen atoms in total. The minimum Gasteiger partial charge on any atom is -0.481 e. The summed E-state index contributed by atoms with van der Waals surface area (Å²) in [6.45, 7) is 5.43. The predicted octanol–water partition coefficient (Wildman–Crippen LogP) is 3.19. The minimum atomic E-state index is -0.664. The lowest BCUT2D eigenvalue weighted by molar-refractivity contribution is -0.141. The molecule has 1 unspecified atom stereocenters. The first-order valence-corrected chi connectivity index (χ1v) is 9.39. The standard InChI is InChI=1S/C22H27FN2O3/c1-16(2)24-22(27)17(3)25(14-13-18-9-5-4-6-10-18)21(26)15-28-20-12-8-7-11-19(20)23/h4-12,16-17H,13-15H2,1-3H3,(H,24,27). The molecule has 0 radical (unpaired) electrons. The van der Waals surface area contributed by atoms with Gasteiger partial charge >= 0.3 is 0 Å². The third-order valence-corrected chi connectivity index (χ3v) is 4.27. The maximum Gasteiger partial charge on any atom is 0.261 e. The molecule has 150 valence electrons. The third kappa shape index (κ3) is 6.37. The minimum absolute atomic E-state index is 0.0122. The van der Waals surface area contributed by atoms with Gasteiger partial charge in [0, 0.05) is 12.6 Å². The van der Waals surface area contributed by atoms with Crippen LogP contribution in [0.15, 0.2) is 54.6 Å². The van der Waals surface area contributed by atoms with E-state index in [0.29, 0.717) is 13.0 Å². The normalized spacial score (nSPS) is 11.8. The smallest absolute Gasteiger partial charge is 0.261 e. The number of hydrogen-bond acceptors (Lipinski definition) is 3. The molecule has 2 amide bonds. The van der Waals surface area contributed by atoms with Gasteiger partial charge in [0.1, 0.15) is 6.04 Å². The number of ether oxygens (including phenoxy) is 1. The molecule has 2 aromatic rings. The van der Waals surface area contributed by atoms with Gasteiger partial charge in [-0.15, -0.1) is 0 Å². The monoisotopic (exact) mass is 386 g/mol. The lowest BCUT2D eigenvalue weighted by Crippen LogP contribution is -2.51. The Morgan fingerprint density at radius 2 is 1.68 bits per heavy atom. The number of carbonyl (C=O) groups excluding carboxylic acids is 2. The summed E-state index contributed by atoms with van der Waals surface area (Å²) in [6.07, 6.45) is 0.603.